The lowest BCUT2D eigenvalue weighted by Gasteiger charge is -2.59. The van der Waals surface area contributed by atoms with Gasteiger partial charge in [-0.25, -0.2) is 0 Å². The van der Waals surface area contributed by atoms with Crippen LogP contribution in [0.5, 0.6) is 0 Å². The fraction of sp³-hybridized carbons (Fsp3) is 1.00. The van der Waals surface area contributed by atoms with Crippen LogP contribution in [0, 0.1) is 11.3 Å². The van der Waals surface area contributed by atoms with E-state index in [2.05, 4.69) is 75.1 Å². The minimum absolute atomic E-state index is 0.262. The predicted octanol–water partition coefficient (Wildman–Crippen LogP) is 4.91. The average molecular weight is 293 g/mol. The Kier molecular flexibility index (Phi) is 5.69. The standard InChI is InChI=1S/C19H40BN/c1-10-15(11-2)21-18(6,7)12-14(3)16(20)17(4,5)13-19(21,8)9/h14-16H,10-13,20H2,1-9H3. The molecule has 0 radical (unpaired) electrons. The number of hydrogen-bond donors (Lipinski definition) is 0. The molecule has 1 aliphatic heterocycles. The molecule has 21 heavy (non-hydrogen) atoms. The van der Waals surface area contributed by atoms with Crippen LogP contribution in [-0.4, -0.2) is 29.9 Å². The molecule has 1 aliphatic rings. The molecular weight excluding hydrogens is 253 g/mol. The maximum atomic E-state index is 2.88. The molecule has 2 heteroatoms. The zero-order valence-corrected chi connectivity index (χ0v) is 16.5. The lowest BCUT2D eigenvalue weighted by atomic mass is 9.55. The Morgan fingerprint density at radius 3 is 1.90 bits per heavy atom. The van der Waals surface area contributed by atoms with Crippen LogP contribution in [0.2, 0.25) is 5.82 Å². The zero-order chi connectivity index (χ0) is 16.6. The van der Waals surface area contributed by atoms with Crippen molar-refractivity contribution in [3.63, 3.8) is 0 Å². The van der Waals surface area contributed by atoms with Crippen molar-refractivity contribution in [3.8, 4) is 0 Å². The van der Waals surface area contributed by atoms with Crippen LogP contribution in [0.4, 0.5) is 0 Å². The van der Waals surface area contributed by atoms with E-state index in [-0.39, 0.29) is 11.1 Å². The van der Waals surface area contributed by atoms with Gasteiger partial charge in [0.1, 0.15) is 7.85 Å². The van der Waals surface area contributed by atoms with Crippen molar-refractivity contribution in [2.45, 2.75) is 111 Å². The molecule has 0 saturated carbocycles. The molecule has 1 fully saturated rings. The Bertz CT molecular complexity index is 341. The Morgan fingerprint density at radius 1 is 1.00 bits per heavy atom. The maximum Gasteiger partial charge on any atom is 0.106 e. The molecule has 1 heterocycles. The zero-order valence-electron chi connectivity index (χ0n) is 16.5. The first-order valence-corrected chi connectivity index (χ1v) is 9.18. The smallest absolute Gasteiger partial charge is 0.106 e. The van der Waals surface area contributed by atoms with Gasteiger partial charge in [0.15, 0.2) is 0 Å². The van der Waals surface area contributed by atoms with E-state index in [4.69, 9.17) is 0 Å². The van der Waals surface area contributed by atoms with Crippen molar-refractivity contribution in [2.75, 3.05) is 0 Å². The Hall–Kier alpha value is 0.0249. The van der Waals surface area contributed by atoms with Gasteiger partial charge in [0.2, 0.25) is 0 Å². The van der Waals surface area contributed by atoms with Crippen LogP contribution in [-0.2, 0) is 0 Å². The third-order valence-corrected chi connectivity index (χ3v) is 6.41. The van der Waals surface area contributed by atoms with Crippen molar-refractivity contribution in [1.82, 2.24) is 4.90 Å². The van der Waals surface area contributed by atoms with Crippen LogP contribution in [0.1, 0.15) is 88.0 Å². The van der Waals surface area contributed by atoms with Gasteiger partial charge in [-0.15, -0.1) is 0 Å². The number of hydrogen-bond acceptors (Lipinski definition) is 1. The summed E-state index contributed by atoms with van der Waals surface area (Å²) in [5.41, 5.74) is 0.951. The Labute approximate surface area is 135 Å². The van der Waals surface area contributed by atoms with Crippen molar-refractivity contribution in [2.24, 2.45) is 11.3 Å². The van der Waals surface area contributed by atoms with Crippen LogP contribution in [0.25, 0.3) is 0 Å². The van der Waals surface area contributed by atoms with E-state index >= 15 is 0 Å². The molecular formula is C19H40BN. The van der Waals surface area contributed by atoms with Crippen LogP contribution >= 0.6 is 0 Å². The van der Waals surface area contributed by atoms with Gasteiger partial charge in [-0.3, -0.25) is 4.90 Å². The molecule has 0 aromatic rings. The number of likely N-dealkylation sites (tertiary alicyclic amines) is 1. The highest BCUT2D eigenvalue weighted by molar-refractivity contribution is 6.12. The van der Waals surface area contributed by atoms with Gasteiger partial charge in [-0.05, 0) is 64.7 Å². The summed E-state index contributed by atoms with van der Waals surface area (Å²) in [4.78, 5) is 2.88. The number of rotatable bonds is 3. The molecule has 2 atom stereocenters. The van der Waals surface area contributed by atoms with Gasteiger partial charge in [0.25, 0.3) is 0 Å². The van der Waals surface area contributed by atoms with Gasteiger partial charge in [-0.1, -0.05) is 40.4 Å². The third-order valence-electron chi connectivity index (χ3n) is 6.41. The summed E-state index contributed by atoms with van der Waals surface area (Å²) in [5.74, 6) is 1.56. The summed E-state index contributed by atoms with van der Waals surface area (Å²) in [5, 5.41) is 0. The van der Waals surface area contributed by atoms with Gasteiger partial charge in [0.05, 0.1) is 0 Å². The molecule has 0 spiro atoms. The molecule has 2 unspecified atom stereocenters. The topological polar surface area (TPSA) is 3.24 Å². The lowest BCUT2D eigenvalue weighted by Crippen LogP contribution is -2.63. The van der Waals surface area contributed by atoms with Crippen LogP contribution in [0.3, 0.4) is 0 Å². The van der Waals surface area contributed by atoms with E-state index in [0.29, 0.717) is 11.5 Å². The first-order valence-electron chi connectivity index (χ1n) is 9.18. The van der Waals surface area contributed by atoms with Crippen molar-refractivity contribution >= 4 is 7.85 Å². The fourth-order valence-electron chi connectivity index (χ4n) is 5.66. The summed E-state index contributed by atoms with van der Waals surface area (Å²) in [6.45, 7) is 22.1. The van der Waals surface area contributed by atoms with E-state index < -0.39 is 0 Å². The van der Waals surface area contributed by atoms with Crippen molar-refractivity contribution in [3.05, 3.63) is 0 Å². The lowest BCUT2D eigenvalue weighted by molar-refractivity contribution is -0.0742. The van der Waals surface area contributed by atoms with Crippen molar-refractivity contribution < 1.29 is 0 Å². The molecule has 0 aromatic carbocycles. The van der Waals surface area contributed by atoms with Crippen molar-refractivity contribution in [1.29, 1.82) is 0 Å². The highest BCUT2D eigenvalue weighted by Gasteiger charge is 2.48. The first kappa shape index (κ1) is 19.1. The molecule has 0 bridgehead atoms. The summed E-state index contributed by atoms with van der Waals surface area (Å²) in [6, 6.07) is 0.700. The highest BCUT2D eigenvalue weighted by atomic mass is 15.3. The maximum absolute atomic E-state index is 2.88. The molecule has 1 saturated heterocycles. The summed E-state index contributed by atoms with van der Waals surface area (Å²) in [7, 11) is 2.48. The van der Waals surface area contributed by atoms with Crippen LogP contribution < -0.4 is 0 Å². The minimum atomic E-state index is 0.262. The Balaban J connectivity index is 3.31. The molecule has 0 N–H and O–H groups in total. The van der Waals surface area contributed by atoms with Gasteiger partial charge < -0.3 is 0 Å². The largest absolute Gasteiger partial charge is 0.290 e. The average Bonchev–Trinajstić information content (AvgIpc) is 2.30. The van der Waals surface area contributed by atoms with E-state index in [1.807, 2.05) is 0 Å². The van der Waals surface area contributed by atoms with E-state index in [1.165, 1.54) is 25.7 Å². The molecule has 0 aliphatic carbocycles. The monoisotopic (exact) mass is 293 g/mol. The Morgan fingerprint density at radius 2 is 1.48 bits per heavy atom. The predicted molar refractivity (Wildman–Crippen MR) is 98.8 cm³/mol. The molecule has 0 aromatic heterocycles. The third kappa shape index (κ3) is 3.87. The second kappa shape index (κ2) is 6.26. The SMILES string of the molecule is BC1C(C)CC(C)(C)N(C(CC)CC)C(C)(C)CC1(C)C. The molecule has 1 nitrogen and oxygen atoms in total. The molecule has 0 amide bonds. The minimum Gasteiger partial charge on any atom is -0.290 e. The summed E-state index contributed by atoms with van der Waals surface area (Å²) >= 11 is 0. The van der Waals surface area contributed by atoms with Crippen LogP contribution in [0.15, 0.2) is 0 Å². The highest BCUT2D eigenvalue weighted by Crippen LogP contribution is 2.50. The molecule has 124 valence electrons. The normalized spacial score (nSPS) is 32.7. The van der Waals surface area contributed by atoms with E-state index in [1.54, 1.807) is 0 Å². The summed E-state index contributed by atoms with van der Waals surface area (Å²) in [6.07, 6.45) is 5.10. The fourth-order valence-corrected chi connectivity index (χ4v) is 5.66. The second-order valence-corrected chi connectivity index (χ2v) is 9.60. The van der Waals surface area contributed by atoms with Gasteiger partial charge in [-0.2, -0.15) is 0 Å². The quantitative estimate of drug-likeness (QED) is 0.668. The number of nitrogens with zero attached hydrogens (tertiary/aromatic N) is 1. The first-order chi connectivity index (χ1) is 9.39. The van der Waals surface area contributed by atoms with Gasteiger partial charge >= 0.3 is 0 Å². The van der Waals surface area contributed by atoms with Gasteiger partial charge in [0, 0.05) is 17.1 Å². The van der Waals surface area contributed by atoms with E-state index in [0.717, 1.165) is 11.7 Å². The second-order valence-electron chi connectivity index (χ2n) is 9.60. The molecule has 1 rings (SSSR count). The van der Waals surface area contributed by atoms with E-state index in [9.17, 15) is 0 Å². The summed E-state index contributed by atoms with van der Waals surface area (Å²) < 4.78 is 0.